The molecule has 0 bridgehead atoms. The molecule has 0 saturated heterocycles. The largest absolute Gasteiger partial charge is 0.427 e. The Balaban J connectivity index is 2.04. The van der Waals surface area contributed by atoms with Gasteiger partial charge in [0.05, 0.1) is 11.2 Å². The van der Waals surface area contributed by atoms with E-state index in [2.05, 4.69) is 0 Å². The topological polar surface area (TPSA) is 29.5 Å². The molecule has 1 saturated carbocycles. The van der Waals surface area contributed by atoms with Crippen LogP contribution in [0.5, 0.6) is 0 Å². The van der Waals surface area contributed by atoms with E-state index in [9.17, 15) is 9.50 Å². The van der Waals surface area contributed by atoms with Gasteiger partial charge in [-0.25, -0.2) is 4.39 Å². The Hall–Kier alpha value is -0.865. The van der Waals surface area contributed by atoms with Gasteiger partial charge in [0.25, 0.3) is 0 Å². The maximum atomic E-state index is 14.0. The van der Waals surface area contributed by atoms with Crippen LogP contribution in [0.3, 0.4) is 0 Å². The molecule has 0 unspecified atom stereocenters. The minimum atomic E-state index is -1.13. The second kappa shape index (κ2) is 4.60. The molecular weight excluding hydrogens is 242 g/mol. The van der Waals surface area contributed by atoms with Crippen molar-refractivity contribution in [2.45, 2.75) is 57.4 Å². The quantitative estimate of drug-likeness (QED) is 0.827. The number of benzene rings is 1. The first-order valence-electron chi connectivity index (χ1n) is 6.67. The van der Waals surface area contributed by atoms with Gasteiger partial charge in [0.15, 0.2) is 0 Å². The fraction of sp³-hybridized carbons (Fsp3) is 0.600. The highest BCUT2D eigenvalue weighted by Crippen LogP contribution is 2.49. The summed E-state index contributed by atoms with van der Waals surface area (Å²) in [5.74, 6) is 0. The van der Waals surface area contributed by atoms with Crippen molar-refractivity contribution in [1.29, 1.82) is 0 Å². The van der Waals surface area contributed by atoms with Gasteiger partial charge >= 0.3 is 7.48 Å². The van der Waals surface area contributed by atoms with Gasteiger partial charge < -0.3 is 9.76 Å². The zero-order valence-electron chi connectivity index (χ0n) is 12.0. The van der Waals surface area contributed by atoms with Gasteiger partial charge in [0.1, 0.15) is 5.67 Å². The maximum Gasteiger partial charge on any atom is 0.330 e. The van der Waals surface area contributed by atoms with Crippen molar-refractivity contribution in [2.75, 3.05) is 0 Å². The van der Waals surface area contributed by atoms with Crippen LogP contribution < -0.4 is 5.46 Å². The van der Waals surface area contributed by atoms with Crippen LogP contribution in [0, 0.1) is 0 Å². The molecule has 1 radical (unpaired) electrons. The van der Waals surface area contributed by atoms with Crippen LogP contribution in [0.1, 0.15) is 46.1 Å². The molecule has 103 valence electrons. The number of aliphatic hydroxyl groups is 1. The molecule has 1 aromatic carbocycles. The van der Waals surface area contributed by atoms with Crippen LogP contribution in [-0.2, 0) is 10.3 Å². The lowest BCUT2D eigenvalue weighted by atomic mass is 9.82. The van der Waals surface area contributed by atoms with Crippen LogP contribution in [0.15, 0.2) is 24.3 Å². The first-order chi connectivity index (χ1) is 8.64. The van der Waals surface area contributed by atoms with Gasteiger partial charge in [0, 0.05) is 0 Å². The van der Waals surface area contributed by atoms with Crippen LogP contribution in [0.25, 0.3) is 0 Å². The summed E-state index contributed by atoms with van der Waals surface area (Å²) < 4.78 is 19.7. The van der Waals surface area contributed by atoms with Gasteiger partial charge in [-0.15, -0.1) is 0 Å². The van der Waals surface area contributed by atoms with E-state index in [1.165, 1.54) is 0 Å². The summed E-state index contributed by atoms with van der Waals surface area (Å²) in [6, 6.07) is 7.33. The van der Waals surface area contributed by atoms with Crippen LogP contribution in [-0.4, -0.2) is 23.8 Å². The molecule has 1 fully saturated rings. The number of hydrogen-bond donors (Lipinski definition) is 1. The third kappa shape index (κ3) is 3.18. The zero-order valence-corrected chi connectivity index (χ0v) is 12.0. The summed E-state index contributed by atoms with van der Waals surface area (Å²) in [4.78, 5) is 0. The maximum absolute atomic E-state index is 14.0. The monoisotopic (exact) mass is 263 g/mol. The third-order valence-electron chi connectivity index (χ3n) is 4.06. The molecule has 0 atom stereocenters. The van der Waals surface area contributed by atoms with E-state index in [0.29, 0.717) is 18.4 Å². The Kier molecular flexibility index (Phi) is 3.52. The molecule has 0 heterocycles. The van der Waals surface area contributed by atoms with Gasteiger partial charge in [0.2, 0.25) is 0 Å². The standard InChI is InChI=1S/C15H21BFO2/c1-13(2,18)14(3,4)19-16-12-7-5-6-11(10-12)15(17)8-9-15/h5-7,10,18H,8-9H2,1-4H3. The Morgan fingerprint density at radius 2 is 1.89 bits per heavy atom. The molecule has 2 nitrogen and oxygen atoms in total. The fourth-order valence-electron chi connectivity index (χ4n) is 1.65. The highest BCUT2D eigenvalue weighted by molar-refractivity contribution is 6.47. The predicted octanol–water partition coefficient (Wildman–Crippen LogP) is 2.46. The molecule has 0 aliphatic heterocycles. The van der Waals surface area contributed by atoms with Gasteiger partial charge in [-0.3, -0.25) is 0 Å². The normalized spacial score (nSPS) is 18.2. The Morgan fingerprint density at radius 1 is 1.26 bits per heavy atom. The van der Waals surface area contributed by atoms with E-state index in [4.69, 9.17) is 4.65 Å². The lowest BCUT2D eigenvalue weighted by molar-refractivity contribution is -0.0893. The molecule has 0 amide bonds. The van der Waals surface area contributed by atoms with E-state index >= 15 is 0 Å². The second-order valence-corrected chi connectivity index (χ2v) is 6.40. The van der Waals surface area contributed by atoms with Crippen molar-refractivity contribution < 1.29 is 14.2 Å². The van der Waals surface area contributed by atoms with Crippen molar-refractivity contribution in [1.82, 2.24) is 0 Å². The highest BCUT2D eigenvalue weighted by Gasteiger charge is 2.45. The summed E-state index contributed by atoms with van der Waals surface area (Å²) in [7, 11) is 1.59. The van der Waals surface area contributed by atoms with Crippen LogP contribution in [0.4, 0.5) is 4.39 Å². The molecule has 1 aliphatic rings. The lowest BCUT2D eigenvalue weighted by Crippen LogP contribution is -2.49. The van der Waals surface area contributed by atoms with E-state index < -0.39 is 16.9 Å². The minimum Gasteiger partial charge on any atom is -0.427 e. The van der Waals surface area contributed by atoms with Crippen molar-refractivity contribution in [3.8, 4) is 0 Å². The predicted molar refractivity (Wildman–Crippen MR) is 75.3 cm³/mol. The molecular formula is C15H21BFO2. The van der Waals surface area contributed by atoms with Crippen molar-refractivity contribution in [2.24, 2.45) is 0 Å². The molecule has 2 rings (SSSR count). The van der Waals surface area contributed by atoms with Crippen LogP contribution >= 0.6 is 0 Å². The SMILES string of the molecule is CC(C)(O)C(C)(C)O[B]c1cccc(C2(F)CC2)c1. The van der Waals surface area contributed by atoms with Crippen molar-refractivity contribution in [3.05, 3.63) is 29.8 Å². The van der Waals surface area contributed by atoms with Gasteiger partial charge in [-0.05, 0) is 46.1 Å². The molecule has 1 N–H and O–H groups in total. The summed E-state index contributed by atoms with van der Waals surface area (Å²) in [6.45, 7) is 7.06. The number of halogens is 1. The zero-order chi connectivity index (χ0) is 14.3. The minimum absolute atomic E-state index is 0.604. The Bertz CT molecular complexity index is 461. The Morgan fingerprint density at radius 3 is 2.42 bits per heavy atom. The molecule has 19 heavy (non-hydrogen) atoms. The van der Waals surface area contributed by atoms with Gasteiger partial charge in [-0.1, -0.05) is 29.7 Å². The van der Waals surface area contributed by atoms with Crippen molar-refractivity contribution in [3.63, 3.8) is 0 Å². The molecule has 0 spiro atoms. The second-order valence-electron chi connectivity index (χ2n) is 6.40. The average molecular weight is 263 g/mol. The third-order valence-corrected chi connectivity index (χ3v) is 4.06. The van der Waals surface area contributed by atoms with E-state index in [1.807, 2.05) is 38.1 Å². The summed E-state index contributed by atoms with van der Waals surface area (Å²) in [5.41, 5.74) is -1.27. The highest BCUT2D eigenvalue weighted by atomic mass is 19.1. The van der Waals surface area contributed by atoms with Gasteiger partial charge in [-0.2, -0.15) is 0 Å². The van der Waals surface area contributed by atoms with E-state index in [-0.39, 0.29) is 0 Å². The first-order valence-corrected chi connectivity index (χ1v) is 6.67. The van der Waals surface area contributed by atoms with Crippen molar-refractivity contribution >= 4 is 12.9 Å². The Labute approximate surface area is 115 Å². The van der Waals surface area contributed by atoms with E-state index in [1.54, 1.807) is 21.3 Å². The van der Waals surface area contributed by atoms with Crippen LogP contribution in [0.2, 0.25) is 0 Å². The first kappa shape index (κ1) is 14.5. The number of alkyl halides is 1. The number of hydrogen-bond acceptors (Lipinski definition) is 2. The molecule has 4 heteroatoms. The smallest absolute Gasteiger partial charge is 0.330 e. The fourth-order valence-corrected chi connectivity index (χ4v) is 1.65. The summed E-state index contributed by atoms with van der Waals surface area (Å²) in [5, 5.41) is 10.0. The summed E-state index contributed by atoms with van der Waals surface area (Å²) in [6.07, 6.45) is 1.21. The summed E-state index contributed by atoms with van der Waals surface area (Å²) >= 11 is 0. The van der Waals surface area contributed by atoms with E-state index in [0.717, 1.165) is 5.46 Å². The average Bonchev–Trinajstić information content (AvgIpc) is 3.05. The molecule has 0 aromatic heterocycles. The molecule has 1 aromatic rings. The lowest BCUT2D eigenvalue weighted by Gasteiger charge is -2.37. The molecule has 1 aliphatic carbocycles. The number of rotatable bonds is 5.